The fourth-order valence-corrected chi connectivity index (χ4v) is 1.30. The van der Waals surface area contributed by atoms with Crippen LogP contribution in [0.4, 0.5) is 0 Å². The molecule has 0 aliphatic rings. The zero-order valence-corrected chi connectivity index (χ0v) is 8.41. The third-order valence-electron chi connectivity index (χ3n) is 2.04. The van der Waals surface area contributed by atoms with Crippen molar-refractivity contribution in [2.75, 3.05) is 0 Å². The average Bonchev–Trinajstić information content (AvgIpc) is 2.07. The van der Waals surface area contributed by atoms with Gasteiger partial charge in [0.2, 0.25) is 0 Å². The molecule has 3 N–H and O–H groups in total. The molecule has 0 saturated heterocycles. The molecule has 1 aromatic rings. The quantitative estimate of drug-likeness (QED) is 0.745. The Morgan fingerprint density at radius 1 is 1.50 bits per heavy atom. The maximum atomic E-state index is 9.58. The van der Waals surface area contributed by atoms with Crippen LogP contribution < -0.4 is 5.73 Å². The Bertz CT molecular complexity index is 372. The first-order chi connectivity index (χ1) is 6.45. The molecule has 0 fully saturated rings. The van der Waals surface area contributed by atoms with Gasteiger partial charge in [0.25, 0.3) is 0 Å². The second-order valence-electron chi connectivity index (χ2n) is 3.91. The highest BCUT2D eigenvalue weighted by atomic mass is 16.3. The van der Waals surface area contributed by atoms with Gasteiger partial charge in [-0.1, -0.05) is 6.07 Å². The van der Waals surface area contributed by atoms with Crippen LogP contribution in [0.1, 0.15) is 25.0 Å². The third-order valence-corrected chi connectivity index (χ3v) is 2.04. The van der Waals surface area contributed by atoms with E-state index in [2.05, 4.69) is 6.07 Å². The molecule has 0 saturated carbocycles. The van der Waals surface area contributed by atoms with Crippen LogP contribution in [-0.4, -0.2) is 5.11 Å². The molecule has 14 heavy (non-hydrogen) atoms. The zero-order chi connectivity index (χ0) is 10.8. The molecular formula is C11H14N2O. The standard InChI is InChI=1S/C11H14N2O/c1-11(2,13)9-7-8(5-6-12)3-4-10(9)14/h3-4,7,14H,5,13H2,1-2H3. The van der Waals surface area contributed by atoms with E-state index in [4.69, 9.17) is 11.0 Å². The van der Waals surface area contributed by atoms with E-state index in [1.54, 1.807) is 18.2 Å². The summed E-state index contributed by atoms with van der Waals surface area (Å²) in [5.41, 5.74) is 6.84. The molecule has 0 unspecified atom stereocenters. The summed E-state index contributed by atoms with van der Waals surface area (Å²) in [5, 5.41) is 18.1. The van der Waals surface area contributed by atoms with Gasteiger partial charge in [0, 0.05) is 11.1 Å². The van der Waals surface area contributed by atoms with Crippen molar-refractivity contribution in [3.8, 4) is 11.8 Å². The summed E-state index contributed by atoms with van der Waals surface area (Å²) in [5.74, 6) is 0.180. The van der Waals surface area contributed by atoms with Crippen LogP contribution in [0, 0.1) is 11.3 Å². The summed E-state index contributed by atoms with van der Waals surface area (Å²) in [7, 11) is 0. The number of nitrogens with two attached hydrogens (primary N) is 1. The smallest absolute Gasteiger partial charge is 0.120 e. The van der Waals surface area contributed by atoms with Gasteiger partial charge in [-0.3, -0.25) is 0 Å². The molecule has 0 radical (unpaired) electrons. The second-order valence-corrected chi connectivity index (χ2v) is 3.91. The molecule has 0 atom stereocenters. The van der Waals surface area contributed by atoms with Gasteiger partial charge in [-0.25, -0.2) is 0 Å². The summed E-state index contributed by atoms with van der Waals surface area (Å²) < 4.78 is 0. The van der Waals surface area contributed by atoms with Crippen LogP contribution >= 0.6 is 0 Å². The molecule has 0 spiro atoms. The van der Waals surface area contributed by atoms with E-state index in [1.807, 2.05) is 13.8 Å². The Balaban J connectivity index is 3.17. The fourth-order valence-electron chi connectivity index (χ4n) is 1.30. The highest BCUT2D eigenvalue weighted by molar-refractivity contribution is 5.40. The summed E-state index contributed by atoms with van der Waals surface area (Å²) in [6.45, 7) is 3.64. The zero-order valence-electron chi connectivity index (χ0n) is 8.41. The number of phenolic OH excluding ortho intramolecular Hbond substituents is 1. The molecular weight excluding hydrogens is 176 g/mol. The van der Waals surface area contributed by atoms with E-state index >= 15 is 0 Å². The van der Waals surface area contributed by atoms with Gasteiger partial charge in [0.1, 0.15) is 5.75 Å². The van der Waals surface area contributed by atoms with Crippen molar-refractivity contribution in [3.05, 3.63) is 29.3 Å². The number of phenols is 1. The molecule has 0 heterocycles. The van der Waals surface area contributed by atoms with Crippen LogP contribution in [-0.2, 0) is 12.0 Å². The van der Waals surface area contributed by atoms with E-state index in [0.29, 0.717) is 12.0 Å². The van der Waals surface area contributed by atoms with Crippen molar-refractivity contribution in [2.24, 2.45) is 5.73 Å². The topological polar surface area (TPSA) is 70.0 Å². The highest BCUT2D eigenvalue weighted by Gasteiger charge is 2.18. The maximum Gasteiger partial charge on any atom is 0.120 e. The number of benzene rings is 1. The van der Waals surface area contributed by atoms with E-state index < -0.39 is 5.54 Å². The van der Waals surface area contributed by atoms with E-state index in [-0.39, 0.29) is 5.75 Å². The number of rotatable bonds is 2. The number of hydrogen-bond donors (Lipinski definition) is 2. The van der Waals surface area contributed by atoms with Crippen LogP contribution in [0.2, 0.25) is 0 Å². The lowest BCUT2D eigenvalue weighted by molar-refractivity contribution is 0.440. The van der Waals surface area contributed by atoms with Crippen molar-refractivity contribution in [1.82, 2.24) is 0 Å². The number of nitrogens with zero attached hydrogens (tertiary/aromatic N) is 1. The summed E-state index contributed by atoms with van der Waals surface area (Å²) in [4.78, 5) is 0. The molecule has 0 bridgehead atoms. The lowest BCUT2D eigenvalue weighted by Gasteiger charge is -2.20. The minimum absolute atomic E-state index is 0.180. The van der Waals surface area contributed by atoms with Gasteiger partial charge in [0.05, 0.1) is 12.5 Å². The minimum Gasteiger partial charge on any atom is -0.508 e. The first-order valence-corrected chi connectivity index (χ1v) is 4.43. The Kier molecular flexibility index (Phi) is 2.78. The Hall–Kier alpha value is -1.53. The number of nitriles is 1. The van der Waals surface area contributed by atoms with Crippen molar-refractivity contribution in [2.45, 2.75) is 25.8 Å². The maximum absolute atomic E-state index is 9.58. The van der Waals surface area contributed by atoms with Gasteiger partial charge in [-0.2, -0.15) is 5.26 Å². The Morgan fingerprint density at radius 2 is 2.14 bits per heavy atom. The van der Waals surface area contributed by atoms with Gasteiger partial charge in [-0.15, -0.1) is 0 Å². The lowest BCUT2D eigenvalue weighted by Crippen LogP contribution is -2.28. The summed E-state index contributed by atoms with van der Waals surface area (Å²) >= 11 is 0. The molecule has 0 aliphatic carbocycles. The van der Waals surface area contributed by atoms with Crippen molar-refractivity contribution in [1.29, 1.82) is 5.26 Å². The molecule has 0 aliphatic heterocycles. The molecule has 3 heteroatoms. The Morgan fingerprint density at radius 3 is 2.64 bits per heavy atom. The first-order valence-electron chi connectivity index (χ1n) is 4.43. The van der Waals surface area contributed by atoms with Crippen LogP contribution in [0.25, 0.3) is 0 Å². The van der Waals surface area contributed by atoms with Gasteiger partial charge >= 0.3 is 0 Å². The van der Waals surface area contributed by atoms with Crippen LogP contribution in [0.3, 0.4) is 0 Å². The summed E-state index contributed by atoms with van der Waals surface area (Å²) in [6.07, 6.45) is 0.337. The largest absolute Gasteiger partial charge is 0.508 e. The Labute approximate surface area is 83.8 Å². The van der Waals surface area contributed by atoms with Crippen molar-refractivity contribution >= 4 is 0 Å². The van der Waals surface area contributed by atoms with Crippen LogP contribution in [0.15, 0.2) is 18.2 Å². The van der Waals surface area contributed by atoms with Crippen molar-refractivity contribution < 1.29 is 5.11 Å². The lowest BCUT2D eigenvalue weighted by atomic mass is 9.92. The van der Waals surface area contributed by atoms with Crippen molar-refractivity contribution in [3.63, 3.8) is 0 Å². The SMILES string of the molecule is CC(C)(N)c1cc(CC#N)ccc1O. The molecule has 1 aromatic carbocycles. The van der Waals surface area contributed by atoms with E-state index in [0.717, 1.165) is 5.56 Å². The minimum atomic E-state index is -0.588. The van der Waals surface area contributed by atoms with Gasteiger partial charge in [-0.05, 0) is 31.5 Å². The fraction of sp³-hybridized carbons (Fsp3) is 0.364. The van der Waals surface area contributed by atoms with E-state index in [9.17, 15) is 5.11 Å². The molecule has 74 valence electrons. The predicted octanol–water partition coefficient (Wildman–Crippen LogP) is 1.65. The monoisotopic (exact) mass is 190 g/mol. The molecule has 0 amide bonds. The van der Waals surface area contributed by atoms with Gasteiger partial charge in [0.15, 0.2) is 0 Å². The normalized spacial score (nSPS) is 11.0. The van der Waals surface area contributed by atoms with Gasteiger partial charge < -0.3 is 10.8 Å². The van der Waals surface area contributed by atoms with E-state index in [1.165, 1.54) is 0 Å². The predicted molar refractivity (Wildman–Crippen MR) is 54.6 cm³/mol. The highest BCUT2D eigenvalue weighted by Crippen LogP contribution is 2.27. The third kappa shape index (κ3) is 2.24. The van der Waals surface area contributed by atoms with Crippen LogP contribution in [0.5, 0.6) is 5.75 Å². The molecule has 3 nitrogen and oxygen atoms in total. The number of hydrogen-bond acceptors (Lipinski definition) is 3. The molecule has 1 rings (SSSR count). The second kappa shape index (κ2) is 3.69. The average molecular weight is 190 g/mol. The number of aromatic hydroxyl groups is 1. The molecule has 0 aromatic heterocycles. The summed E-state index contributed by atoms with van der Waals surface area (Å²) in [6, 6.07) is 7.15. The first kappa shape index (κ1) is 10.6.